The molecule has 0 atom stereocenters. The van der Waals surface area contributed by atoms with Crippen molar-refractivity contribution in [2.45, 2.75) is 51.6 Å². The summed E-state index contributed by atoms with van der Waals surface area (Å²) in [7, 11) is 0.455. The molecule has 14 heavy (non-hydrogen) atoms. The van der Waals surface area contributed by atoms with Crippen LogP contribution in [0.4, 0.5) is 0 Å². The molecule has 0 fully saturated rings. The minimum absolute atomic E-state index is 0.430. The van der Waals surface area contributed by atoms with Crippen LogP contribution in [0.2, 0.25) is 10.1 Å². The number of ether oxygens (including phenoxy) is 1. The zero-order valence-corrected chi connectivity index (χ0v) is 11.7. The van der Waals surface area contributed by atoms with E-state index in [1.807, 2.05) is 0 Å². The molecule has 0 saturated heterocycles. The van der Waals surface area contributed by atoms with Gasteiger partial charge in [-0.15, -0.1) is 0 Å². The van der Waals surface area contributed by atoms with Gasteiger partial charge in [0.1, 0.15) is 8.07 Å². The molecular weight excluding hydrogens is 188 g/mol. The highest BCUT2D eigenvalue weighted by molar-refractivity contribution is 7.04. The molecule has 1 rings (SSSR count). The fraction of sp³-hybridized carbons (Fsp3) is 0.833. The fourth-order valence-electron chi connectivity index (χ4n) is 3.06. The smallest absolute Gasteiger partial charge is 0.117 e. The highest BCUT2D eigenvalue weighted by Gasteiger charge is 2.61. The first-order valence-electron chi connectivity index (χ1n) is 5.38. The predicted molar refractivity (Wildman–Crippen MR) is 65.1 cm³/mol. The van der Waals surface area contributed by atoms with Gasteiger partial charge in [-0.1, -0.05) is 52.4 Å². The van der Waals surface area contributed by atoms with Crippen molar-refractivity contribution < 1.29 is 4.74 Å². The van der Waals surface area contributed by atoms with E-state index in [0.29, 0.717) is 10.1 Å². The summed E-state index contributed by atoms with van der Waals surface area (Å²) in [6, 6.07) is 0. The maximum atomic E-state index is 5.28. The van der Waals surface area contributed by atoms with E-state index in [2.05, 4.69) is 47.2 Å². The molecule has 1 nitrogen and oxygen atoms in total. The topological polar surface area (TPSA) is 9.23 Å². The normalized spacial score (nSPS) is 20.6. The Morgan fingerprint density at radius 1 is 1.07 bits per heavy atom. The summed E-state index contributed by atoms with van der Waals surface area (Å²) < 4.78 is 5.28. The van der Waals surface area contributed by atoms with E-state index >= 15 is 0 Å². The van der Waals surface area contributed by atoms with E-state index in [0.717, 1.165) is 6.61 Å². The monoisotopic (exact) mass is 212 g/mol. The molecule has 1 aliphatic rings. The van der Waals surface area contributed by atoms with Gasteiger partial charge in [-0.2, -0.15) is 0 Å². The third kappa shape index (κ3) is 1.59. The lowest BCUT2D eigenvalue weighted by atomic mass is 10.2. The molecule has 0 spiro atoms. The Balaban J connectivity index is 2.90. The van der Waals surface area contributed by atoms with Crippen molar-refractivity contribution in [2.75, 3.05) is 13.7 Å². The van der Waals surface area contributed by atoms with Crippen molar-refractivity contribution in [3.63, 3.8) is 0 Å². The van der Waals surface area contributed by atoms with Gasteiger partial charge in [0.25, 0.3) is 0 Å². The Labute approximate surface area is 89.6 Å². The molecule has 1 aliphatic heterocycles. The molecule has 1 heterocycles. The van der Waals surface area contributed by atoms with Crippen LogP contribution >= 0.6 is 0 Å². The second-order valence-electron chi connectivity index (χ2n) is 6.41. The third-order valence-corrected chi connectivity index (χ3v) is 9.98. The summed E-state index contributed by atoms with van der Waals surface area (Å²) in [6.07, 6.45) is 0. The average Bonchev–Trinajstić information content (AvgIpc) is 2.60. The van der Waals surface area contributed by atoms with Crippen molar-refractivity contribution in [3.8, 4) is 0 Å². The molecule has 2 heteroatoms. The van der Waals surface area contributed by atoms with Gasteiger partial charge in [0, 0.05) is 7.11 Å². The minimum Gasteiger partial charge on any atom is -0.381 e. The Morgan fingerprint density at radius 2 is 1.50 bits per heavy atom. The zero-order valence-electron chi connectivity index (χ0n) is 10.7. The first kappa shape index (κ1) is 12.0. The van der Waals surface area contributed by atoms with Gasteiger partial charge >= 0.3 is 0 Å². The van der Waals surface area contributed by atoms with E-state index in [1.165, 1.54) is 0 Å². The van der Waals surface area contributed by atoms with Gasteiger partial charge in [0.15, 0.2) is 0 Å². The standard InChI is InChI=1S/C12H24OSi/c1-11(2,3)14(12(4,5)6)9-10(14)8-13-7/h9H,8H2,1-7H3. The molecule has 0 aromatic heterocycles. The molecule has 0 radical (unpaired) electrons. The molecule has 0 amide bonds. The van der Waals surface area contributed by atoms with E-state index < -0.39 is 8.07 Å². The van der Waals surface area contributed by atoms with Crippen LogP contribution in [0.5, 0.6) is 0 Å². The molecule has 0 N–H and O–H groups in total. The van der Waals surface area contributed by atoms with Gasteiger partial charge in [0.2, 0.25) is 0 Å². The maximum absolute atomic E-state index is 5.28. The van der Waals surface area contributed by atoms with Crippen LogP contribution < -0.4 is 0 Å². The van der Waals surface area contributed by atoms with Gasteiger partial charge in [-0.3, -0.25) is 0 Å². The van der Waals surface area contributed by atoms with Crippen LogP contribution in [0.15, 0.2) is 10.9 Å². The molecular formula is C12H24OSi. The number of methoxy groups -OCH3 is 1. The molecule has 82 valence electrons. The minimum atomic E-state index is -1.34. The molecule has 0 saturated carbocycles. The molecule has 0 aromatic rings. The van der Waals surface area contributed by atoms with Crippen LogP contribution in [0.1, 0.15) is 41.5 Å². The predicted octanol–water partition coefficient (Wildman–Crippen LogP) is 3.70. The lowest BCUT2D eigenvalue weighted by molar-refractivity contribution is 0.231. The first-order chi connectivity index (χ1) is 6.17. The Morgan fingerprint density at radius 3 is 1.71 bits per heavy atom. The van der Waals surface area contributed by atoms with E-state index in [1.54, 1.807) is 12.3 Å². The lowest BCUT2D eigenvalue weighted by Gasteiger charge is -2.42. The number of hydrogen-bond donors (Lipinski definition) is 0. The van der Waals surface area contributed by atoms with Crippen molar-refractivity contribution in [1.29, 1.82) is 0 Å². The highest BCUT2D eigenvalue weighted by atomic mass is 28.3. The van der Waals surface area contributed by atoms with Crippen LogP contribution in [0.25, 0.3) is 0 Å². The molecule has 0 unspecified atom stereocenters. The summed E-state index contributed by atoms with van der Waals surface area (Å²) in [5, 5.41) is 2.47. The van der Waals surface area contributed by atoms with Crippen molar-refractivity contribution in [3.05, 3.63) is 10.9 Å². The Hall–Kier alpha value is -0.0831. The number of hydrogen-bond acceptors (Lipinski definition) is 1. The largest absolute Gasteiger partial charge is 0.381 e. The van der Waals surface area contributed by atoms with Gasteiger partial charge in [-0.05, 0) is 10.1 Å². The van der Waals surface area contributed by atoms with Gasteiger partial charge < -0.3 is 4.74 Å². The van der Waals surface area contributed by atoms with E-state index in [4.69, 9.17) is 4.74 Å². The summed E-state index contributed by atoms with van der Waals surface area (Å²) in [5.74, 6) is 0. The molecule has 0 bridgehead atoms. The third-order valence-electron chi connectivity index (χ3n) is 3.48. The lowest BCUT2D eigenvalue weighted by Crippen LogP contribution is -2.42. The summed E-state index contributed by atoms with van der Waals surface area (Å²) >= 11 is 0. The number of rotatable bonds is 2. The Bertz CT molecular complexity index is 238. The van der Waals surface area contributed by atoms with Crippen LogP contribution in [0, 0.1) is 0 Å². The van der Waals surface area contributed by atoms with Gasteiger partial charge in [-0.25, -0.2) is 0 Å². The van der Waals surface area contributed by atoms with E-state index in [9.17, 15) is 0 Å². The summed E-state index contributed by atoms with van der Waals surface area (Å²) in [6.45, 7) is 15.1. The molecule has 0 aromatic carbocycles. The summed E-state index contributed by atoms with van der Waals surface area (Å²) in [5.41, 5.74) is 2.54. The SMILES string of the molecule is COCC1=C[Si]1(C(C)(C)C)C(C)(C)C. The van der Waals surface area contributed by atoms with Crippen LogP contribution in [-0.2, 0) is 4.74 Å². The first-order valence-corrected chi connectivity index (χ1v) is 7.46. The van der Waals surface area contributed by atoms with Crippen LogP contribution in [0.3, 0.4) is 0 Å². The quantitative estimate of drug-likeness (QED) is 0.634. The van der Waals surface area contributed by atoms with Crippen molar-refractivity contribution >= 4 is 8.07 Å². The average molecular weight is 212 g/mol. The van der Waals surface area contributed by atoms with Gasteiger partial charge in [0.05, 0.1) is 6.61 Å². The molecule has 0 aliphatic carbocycles. The second-order valence-corrected chi connectivity index (χ2v) is 12.0. The van der Waals surface area contributed by atoms with E-state index in [-0.39, 0.29) is 0 Å². The van der Waals surface area contributed by atoms with Crippen LogP contribution in [-0.4, -0.2) is 21.8 Å². The Kier molecular flexibility index (Phi) is 2.75. The fourth-order valence-corrected chi connectivity index (χ4v) is 9.44. The second kappa shape index (κ2) is 3.21. The van der Waals surface area contributed by atoms with Crippen molar-refractivity contribution in [2.24, 2.45) is 0 Å². The maximum Gasteiger partial charge on any atom is 0.117 e. The zero-order chi connectivity index (χ0) is 11.2. The highest BCUT2D eigenvalue weighted by Crippen LogP contribution is 2.62. The van der Waals surface area contributed by atoms with Crippen molar-refractivity contribution in [1.82, 2.24) is 0 Å². The summed E-state index contributed by atoms with van der Waals surface area (Å²) in [4.78, 5) is 0.